The van der Waals surface area contributed by atoms with E-state index in [1.807, 2.05) is 31.2 Å². The first-order valence-electron chi connectivity index (χ1n) is 9.24. The van der Waals surface area contributed by atoms with E-state index in [2.05, 4.69) is 0 Å². The summed E-state index contributed by atoms with van der Waals surface area (Å²) >= 11 is 0. The molecule has 3 aromatic carbocycles. The highest BCUT2D eigenvalue weighted by atomic mass is 32.2. The molecule has 3 aromatic rings. The second-order valence-electron chi connectivity index (χ2n) is 7.13. The number of hydrogen-bond donors (Lipinski definition) is 0. The standard InChI is InChI=1S/C23H21NO3S/c1-17-14-19-9-5-6-13-22(19)24(17)23(25)20-10-7-8-18(15-20)16-28(26,27)21-11-3-2-4-12-21/h2-13,15,17H,14,16H2,1H3/t17-/m0/s1. The summed E-state index contributed by atoms with van der Waals surface area (Å²) in [6.45, 7) is 2.03. The monoisotopic (exact) mass is 391 g/mol. The van der Waals surface area contributed by atoms with E-state index < -0.39 is 9.84 Å². The van der Waals surface area contributed by atoms with E-state index >= 15 is 0 Å². The van der Waals surface area contributed by atoms with Crippen molar-refractivity contribution in [3.63, 3.8) is 0 Å². The molecule has 1 aliphatic rings. The van der Waals surface area contributed by atoms with Crippen molar-refractivity contribution in [3.8, 4) is 0 Å². The van der Waals surface area contributed by atoms with Crippen molar-refractivity contribution in [1.82, 2.24) is 0 Å². The Bertz CT molecular complexity index is 1120. The molecule has 1 amide bonds. The number of amides is 1. The zero-order chi connectivity index (χ0) is 19.7. The molecule has 0 aromatic heterocycles. The molecule has 1 atom stereocenters. The second kappa shape index (κ2) is 7.24. The minimum Gasteiger partial charge on any atom is -0.305 e. The van der Waals surface area contributed by atoms with Crippen LogP contribution in [0.25, 0.3) is 0 Å². The third kappa shape index (κ3) is 3.45. The van der Waals surface area contributed by atoms with E-state index in [4.69, 9.17) is 0 Å². The lowest BCUT2D eigenvalue weighted by Crippen LogP contribution is -2.35. The van der Waals surface area contributed by atoms with E-state index in [0.717, 1.165) is 17.7 Å². The minimum absolute atomic E-state index is 0.0709. The predicted molar refractivity (Wildman–Crippen MR) is 110 cm³/mol. The number of fused-ring (bicyclic) bond motifs is 1. The quantitative estimate of drug-likeness (QED) is 0.668. The minimum atomic E-state index is -3.46. The summed E-state index contributed by atoms with van der Waals surface area (Å²) in [7, 11) is -3.46. The molecule has 4 nitrogen and oxygen atoms in total. The van der Waals surface area contributed by atoms with Crippen LogP contribution in [0.1, 0.15) is 28.4 Å². The Morgan fingerprint density at radius 3 is 2.46 bits per heavy atom. The average molecular weight is 391 g/mol. The molecular formula is C23H21NO3S. The van der Waals surface area contributed by atoms with Crippen molar-refractivity contribution in [3.05, 3.63) is 95.6 Å². The molecule has 0 fully saturated rings. The highest BCUT2D eigenvalue weighted by Gasteiger charge is 2.31. The summed E-state index contributed by atoms with van der Waals surface area (Å²) in [6.07, 6.45) is 0.823. The fraction of sp³-hybridized carbons (Fsp3) is 0.174. The van der Waals surface area contributed by atoms with Gasteiger partial charge in [-0.3, -0.25) is 4.79 Å². The van der Waals surface area contributed by atoms with E-state index in [1.165, 1.54) is 0 Å². The molecule has 0 bridgehead atoms. The number of rotatable bonds is 4. The van der Waals surface area contributed by atoms with Crippen molar-refractivity contribution in [1.29, 1.82) is 0 Å². The molecule has 4 rings (SSSR count). The van der Waals surface area contributed by atoms with Gasteiger partial charge in [0.05, 0.1) is 10.6 Å². The van der Waals surface area contributed by atoms with Gasteiger partial charge in [0.1, 0.15) is 0 Å². The summed E-state index contributed by atoms with van der Waals surface area (Å²) in [5.41, 5.74) is 3.20. The van der Waals surface area contributed by atoms with Crippen molar-refractivity contribution >= 4 is 21.4 Å². The number of hydrogen-bond acceptors (Lipinski definition) is 3. The van der Waals surface area contributed by atoms with Gasteiger partial charge in [-0.2, -0.15) is 0 Å². The van der Waals surface area contributed by atoms with Gasteiger partial charge in [0.2, 0.25) is 0 Å². The molecule has 0 spiro atoms. The normalized spacial score (nSPS) is 16.0. The van der Waals surface area contributed by atoms with Crippen LogP contribution in [-0.4, -0.2) is 20.4 Å². The summed E-state index contributed by atoms with van der Waals surface area (Å²) < 4.78 is 25.3. The van der Waals surface area contributed by atoms with Gasteiger partial charge in [0, 0.05) is 17.3 Å². The zero-order valence-electron chi connectivity index (χ0n) is 15.6. The Labute approximate surface area is 165 Å². The molecular weight excluding hydrogens is 370 g/mol. The number of benzene rings is 3. The average Bonchev–Trinajstić information content (AvgIpc) is 3.03. The van der Waals surface area contributed by atoms with Gasteiger partial charge in [-0.15, -0.1) is 0 Å². The van der Waals surface area contributed by atoms with E-state index in [1.54, 1.807) is 59.5 Å². The molecule has 28 heavy (non-hydrogen) atoms. The van der Waals surface area contributed by atoms with Crippen LogP contribution < -0.4 is 4.90 Å². The fourth-order valence-corrected chi connectivity index (χ4v) is 5.10. The van der Waals surface area contributed by atoms with Gasteiger partial charge < -0.3 is 4.90 Å². The Morgan fingerprint density at radius 1 is 0.964 bits per heavy atom. The maximum atomic E-state index is 13.2. The van der Waals surface area contributed by atoms with Crippen molar-refractivity contribution in [2.24, 2.45) is 0 Å². The summed E-state index contributed by atoms with van der Waals surface area (Å²) in [5, 5.41) is 0. The van der Waals surface area contributed by atoms with Gasteiger partial charge >= 0.3 is 0 Å². The smallest absolute Gasteiger partial charge is 0.258 e. The Balaban J connectivity index is 1.62. The van der Waals surface area contributed by atoms with Gasteiger partial charge in [0.15, 0.2) is 9.84 Å². The molecule has 0 unspecified atom stereocenters. The highest BCUT2D eigenvalue weighted by molar-refractivity contribution is 7.90. The molecule has 0 saturated carbocycles. The van der Waals surface area contributed by atoms with Crippen LogP contribution in [0.5, 0.6) is 0 Å². The molecule has 1 heterocycles. The van der Waals surface area contributed by atoms with Gasteiger partial charge in [-0.05, 0) is 54.8 Å². The summed E-state index contributed by atoms with van der Waals surface area (Å²) in [4.78, 5) is 15.3. The number of anilines is 1. The molecule has 5 heteroatoms. The van der Waals surface area contributed by atoms with Gasteiger partial charge in [0.25, 0.3) is 5.91 Å². The lowest BCUT2D eigenvalue weighted by molar-refractivity contribution is 0.0981. The van der Waals surface area contributed by atoms with Crippen molar-refractivity contribution in [2.75, 3.05) is 4.90 Å². The maximum absolute atomic E-state index is 13.2. The molecule has 142 valence electrons. The number of carbonyl (C=O) groups excluding carboxylic acids is 1. The third-order valence-electron chi connectivity index (χ3n) is 5.06. The van der Waals surface area contributed by atoms with E-state index in [9.17, 15) is 13.2 Å². The zero-order valence-corrected chi connectivity index (χ0v) is 16.4. The van der Waals surface area contributed by atoms with Crippen LogP contribution in [-0.2, 0) is 22.0 Å². The topological polar surface area (TPSA) is 54.5 Å². The summed E-state index contributed by atoms with van der Waals surface area (Å²) in [5.74, 6) is -0.235. The van der Waals surface area contributed by atoms with Crippen LogP contribution in [0.3, 0.4) is 0 Å². The van der Waals surface area contributed by atoms with Gasteiger partial charge in [-0.1, -0.05) is 48.5 Å². The fourth-order valence-electron chi connectivity index (χ4n) is 3.74. The first-order valence-corrected chi connectivity index (χ1v) is 10.9. The lowest BCUT2D eigenvalue weighted by Gasteiger charge is -2.23. The lowest BCUT2D eigenvalue weighted by atomic mass is 10.1. The number of para-hydroxylation sites is 1. The van der Waals surface area contributed by atoms with Crippen LogP contribution in [0.15, 0.2) is 83.8 Å². The molecule has 0 N–H and O–H groups in total. The van der Waals surface area contributed by atoms with Crippen molar-refractivity contribution in [2.45, 2.75) is 30.0 Å². The van der Waals surface area contributed by atoms with Gasteiger partial charge in [-0.25, -0.2) is 8.42 Å². The molecule has 1 aliphatic heterocycles. The van der Waals surface area contributed by atoms with Crippen LogP contribution in [0.4, 0.5) is 5.69 Å². The Hall–Kier alpha value is -2.92. The first-order chi connectivity index (χ1) is 13.5. The Kier molecular flexibility index (Phi) is 4.77. The number of nitrogens with zero attached hydrogens (tertiary/aromatic N) is 1. The summed E-state index contributed by atoms with van der Waals surface area (Å²) in [6, 6.07) is 23.3. The SMILES string of the molecule is C[C@H]1Cc2ccccc2N1C(=O)c1cccc(CS(=O)(=O)c2ccccc2)c1. The predicted octanol–water partition coefficient (Wildman–Crippen LogP) is 4.25. The van der Waals surface area contributed by atoms with E-state index in [-0.39, 0.29) is 22.6 Å². The van der Waals surface area contributed by atoms with Crippen molar-refractivity contribution < 1.29 is 13.2 Å². The largest absolute Gasteiger partial charge is 0.305 e. The number of carbonyl (C=O) groups is 1. The highest BCUT2D eigenvalue weighted by Crippen LogP contribution is 2.33. The molecule has 0 radical (unpaired) electrons. The first kappa shape index (κ1) is 18.4. The number of sulfone groups is 1. The Morgan fingerprint density at radius 2 is 1.68 bits per heavy atom. The third-order valence-corrected chi connectivity index (χ3v) is 6.76. The second-order valence-corrected chi connectivity index (χ2v) is 9.12. The van der Waals surface area contributed by atoms with Crippen LogP contribution >= 0.6 is 0 Å². The van der Waals surface area contributed by atoms with Crippen LogP contribution in [0.2, 0.25) is 0 Å². The molecule has 0 saturated heterocycles. The van der Waals surface area contributed by atoms with Crippen LogP contribution in [0, 0.1) is 0 Å². The maximum Gasteiger partial charge on any atom is 0.258 e. The molecule has 0 aliphatic carbocycles. The van der Waals surface area contributed by atoms with E-state index in [0.29, 0.717) is 11.1 Å².